The van der Waals surface area contributed by atoms with Gasteiger partial charge in [-0.25, -0.2) is 0 Å². The van der Waals surface area contributed by atoms with Crippen molar-refractivity contribution < 1.29 is 9.53 Å². The topological polar surface area (TPSA) is 55.6 Å². The predicted octanol–water partition coefficient (Wildman–Crippen LogP) is 2.58. The number of amides is 1. The van der Waals surface area contributed by atoms with Gasteiger partial charge < -0.3 is 15.4 Å². The number of carbonyl (C=O) groups is 1. The van der Waals surface area contributed by atoms with Gasteiger partial charge in [0.1, 0.15) is 0 Å². The minimum atomic E-state index is 0.103. The first-order valence-electron chi connectivity index (χ1n) is 7.43. The predicted molar refractivity (Wildman–Crippen MR) is 80.2 cm³/mol. The van der Waals surface area contributed by atoms with Gasteiger partial charge in [0, 0.05) is 25.4 Å². The van der Waals surface area contributed by atoms with Crippen molar-refractivity contribution in [2.45, 2.75) is 45.3 Å². The number of benzene rings is 1. The van der Waals surface area contributed by atoms with Crippen molar-refractivity contribution in [1.29, 1.82) is 0 Å². The minimum absolute atomic E-state index is 0.103. The second-order valence-corrected chi connectivity index (χ2v) is 5.35. The zero-order valence-corrected chi connectivity index (χ0v) is 12.2. The Morgan fingerprint density at radius 3 is 2.95 bits per heavy atom. The fourth-order valence-electron chi connectivity index (χ4n) is 2.58. The van der Waals surface area contributed by atoms with Gasteiger partial charge in [0.05, 0.1) is 12.5 Å². The SMILES string of the molecule is CCN(Cc1cccc(N)c1)C(=O)CC1CCCCO1. The Bertz CT molecular complexity index is 442. The molecule has 1 aromatic carbocycles. The van der Waals surface area contributed by atoms with Crippen molar-refractivity contribution in [2.75, 3.05) is 18.9 Å². The average molecular weight is 276 g/mol. The van der Waals surface area contributed by atoms with Crippen LogP contribution in [0.25, 0.3) is 0 Å². The first-order chi connectivity index (χ1) is 9.69. The summed E-state index contributed by atoms with van der Waals surface area (Å²) in [5.74, 6) is 0.168. The van der Waals surface area contributed by atoms with E-state index >= 15 is 0 Å². The van der Waals surface area contributed by atoms with E-state index in [1.54, 1.807) is 0 Å². The zero-order valence-electron chi connectivity index (χ0n) is 12.2. The standard InChI is InChI=1S/C16H24N2O2/c1-2-18(12-13-6-5-7-14(17)10-13)16(19)11-15-8-3-4-9-20-15/h5-7,10,15H,2-4,8-9,11-12,17H2,1H3. The van der Waals surface area contributed by atoms with Gasteiger partial charge in [0.15, 0.2) is 0 Å². The Balaban J connectivity index is 1.91. The van der Waals surface area contributed by atoms with Crippen LogP contribution in [0, 0.1) is 0 Å². The molecule has 2 rings (SSSR count). The zero-order chi connectivity index (χ0) is 14.4. The quantitative estimate of drug-likeness (QED) is 0.841. The normalized spacial score (nSPS) is 18.8. The minimum Gasteiger partial charge on any atom is -0.399 e. The van der Waals surface area contributed by atoms with Gasteiger partial charge in [-0.3, -0.25) is 4.79 Å². The smallest absolute Gasteiger partial charge is 0.225 e. The molecule has 1 aliphatic rings. The van der Waals surface area contributed by atoms with Gasteiger partial charge >= 0.3 is 0 Å². The van der Waals surface area contributed by atoms with E-state index < -0.39 is 0 Å². The first kappa shape index (κ1) is 14.9. The maximum absolute atomic E-state index is 12.3. The Hall–Kier alpha value is -1.55. The summed E-state index contributed by atoms with van der Waals surface area (Å²) in [5.41, 5.74) is 7.59. The number of hydrogen-bond acceptors (Lipinski definition) is 3. The van der Waals surface area contributed by atoms with Crippen molar-refractivity contribution in [3.8, 4) is 0 Å². The molecule has 1 atom stereocenters. The van der Waals surface area contributed by atoms with E-state index in [1.807, 2.05) is 36.1 Å². The van der Waals surface area contributed by atoms with Crippen molar-refractivity contribution in [3.63, 3.8) is 0 Å². The van der Waals surface area contributed by atoms with Gasteiger partial charge in [-0.1, -0.05) is 12.1 Å². The summed E-state index contributed by atoms with van der Waals surface area (Å²) >= 11 is 0. The number of rotatable bonds is 5. The second kappa shape index (κ2) is 7.29. The van der Waals surface area contributed by atoms with Gasteiger partial charge in [0.2, 0.25) is 5.91 Å². The van der Waals surface area contributed by atoms with Gasteiger partial charge in [0.25, 0.3) is 0 Å². The molecule has 0 spiro atoms. The fraction of sp³-hybridized carbons (Fsp3) is 0.562. The highest BCUT2D eigenvalue weighted by atomic mass is 16.5. The van der Waals surface area contributed by atoms with E-state index in [1.165, 1.54) is 6.42 Å². The van der Waals surface area contributed by atoms with E-state index in [2.05, 4.69) is 0 Å². The Labute approximate surface area is 120 Å². The fourth-order valence-corrected chi connectivity index (χ4v) is 2.58. The van der Waals surface area contributed by atoms with Gasteiger partial charge in [-0.05, 0) is 43.9 Å². The summed E-state index contributed by atoms with van der Waals surface area (Å²) < 4.78 is 5.65. The maximum Gasteiger partial charge on any atom is 0.225 e. The molecule has 1 unspecified atom stereocenters. The van der Waals surface area contributed by atoms with E-state index in [0.717, 1.165) is 30.7 Å². The van der Waals surface area contributed by atoms with Crippen LogP contribution in [0.5, 0.6) is 0 Å². The van der Waals surface area contributed by atoms with Crippen molar-refractivity contribution >= 4 is 11.6 Å². The van der Waals surface area contributed by atoms with Crippen LogP contribution in [0.2, 0.25) is 0 Å². The number of nitrogens with zero attached hydrogens (tertiary/aromatic N) is 1. The number of nitrogens with two attached hydrogens (primary N) is 1. The van der Waals surface area contributed by atoms with Gasteiger partial charge in [-0.2, -0.15) is 0 Å². The highest BCUT2D eigenvalue weighted by molar-refractivity contribution is 5.76. The third-order valence-electron chi connectivity index (χ3n) is 3.74. The van der Waals surface area contributed by atoms with E-state index in [4.69, 9.17) is 10.5 Å². The number of anilines is 1. The number of nitrogen functional groups attached to an aromatic ring is 1. The molecule has 0 bridgehead atoms. The van der Waals surface area contributed by atoms with Crippen molar-refractivity contribution in [2.24, 2.45) is 0 Å². The molecule has 0 aromatic heterocycles. The molecule has 0 radical (unpaired) electrons. The lowest BCUT2D eigenvalue weighted by Gasteiger charge is -2.26. The molecule has 1 aliphatic heterocycles. The number of hydrogen-bond donors (Lipinski definition) is 1. The number of carbonyl (C=O) groups excluding carboxylic acids is 1. The molecule has 4 nitrogen and oxygen atoms in total. The Morgan fingerprint density at radius 2 is 2.30 bits per heavy atom. The lowest BCUT2D eigenvalue weighted by molar-refractivity contribution is -0.135. The summed E-state index contributed by atoms with van der Waals surface area (Å²) in [4.78, 5) is 14.2. The monoisotopic (exact) mass is 276 g/mol. The third-order valence-corrected chi connectivity index (χ3v) is 3.74. The molecule has 0 saturated carbocycles. The van der Waals surface area contributed by atoms with Crippen LogP contribution >= 0.6 is 0 Å². The lowest BCUT2D eigenvalue weighted by atomic mass is 10.1. The van der Waals surface area contributed by atoms with Crippen LogP contribution in [0.1, 0.15) is 38.2 Å². The van der Waals surface area contributed by atoms with E-state index in [-0.39, 0.29) is 12.0 Å². The van der Waals surface area contributed by atoms with Crippen LogP contribution < -0.4 is 5.73 Å². The Morgan fingerprint density at radius 1 is 1.45 bits per heavy atom. The highest BCUT2D eigenvalue weighted by Crippen LogP contribution is 2.17. The van der Waals surface area contributed by atoms with Crippen LogP contribution in [0.4, 0.5) is 5.69 Å². The lowest BCUT2D eigenvalue weighted by Crippen LogP contribution is -2.34. The molecule has 2 N–H and O–H groups in total. The molecule has 20 heavy (non-hydrogen) atoms. The van der Waals surface area contributed by atoms with Crippen LogP contribution in [0.15, 0.2) is 24.3 Å². The van der Waals surface area contributed by atoms with Crippen LogP contribution in [-0.4, -0.2) is 30.1 Å². The molecule has 0 aliphatic carbocycles. The number of ether oxygens (including phenoxy) is 1. The average Bonchev–Trinajstić information content (AvgIpc) is 2.46. The third kappa shape index (κ3) is 4.23. The molecule has 1 aromatic rings. The summed E-state index contributed by atoms with van der Waals surface area (Å²) in [5, 5.41) is 0. The molecular weight excluding hydrogens is 252 g/mol. The second-order valence-electron chi connectivity index (χ2n) is 5.35. The van der Waals surface area contributed by atoms with E-state index in [0.29, 0.717) is 19.5 Å². The highest BCUT2D eigenvalue weighted by Gasteiger charge is 2.21. The molecular formula is C16H24N2O2. The van der Waals surface area contributed by atoms with Gasteiger partial charge in [-0.15, -0.1) is 0 Å². The Kier molecular flexibility index (Phi) is 5.41. The molecule has 1 fully saturated rings. The van der Waals surface area contributed by atoms with Crippen molar-refractivity contribution in [1.82, 2.24) is 4.90 Å². The van der Waals surface area contributed by atoms with Crippen LogP contribution in [0.3, 0.4) is 0 Å². The van der Waals surface area contributed by atoms with E-state index in [9.17, 15) is 4.79 Å². The summed E-state index contributed by atoms with van der Waals surface area (Å²) in [6.07, 6.45) is 3.88. The molecule has 1 amide bonds. The molecule has 4 heteroatoms. The molecule has 1 heterocycles. The maximum atomic E-state index is 12.3. The summed E-state index contributed by atoms with van der Waals surface area (Å²) in [6, 6.07) is 7.71. The molecule has 110 valence electrons. The first-order valence-corrected chi connectivity index (χ1v) is 7.43. The summed E-state index contributed by atoms with van der Waals surface area (Å²) in [6.45, 7) is 4.12. The van der Waals surface area contributed by atoms with Crippen molar-refractivity contribution in [3.05, 3.63) is 29.8 Å². The van der Waals surface area contributed by atoms with Crippen LogP contribution in [-0.2, 0) is 16.1 Å². The molecule has 1 saturated heterocycles. The summed E-state index contributed by atoms with van der Waals surface area (Å²) in [7, 11) is 0. The largest absolute Gasteiger partial charge is 0.399 e.